The Morgan fingerprint density at radius 3 is 2.76 bits per heavy atom. The summed E-state index contributed by atoms with van der Waals surface area (Å²) in [4.78, 5) is 14.0. The van der Waals surface area contributed by atoms with Gasteiger partial charge in [0.1, 0.15) is 0 Å². The average molecular weight is 626 g/mol. The van der Waals surface area contributed by atoms with Crippen molar-refractivity contribution in [2.75, 3.05) is 11.4 Å². The maximum absolute atomic E-state index is 5.01. The van der Waals surface area contributed by atoms with Crippen molar-refractivity contribution in [3.63, 3.8) is 0 Å². The molecule has 0 bridgehead atoms. The summed E-state index contributed by atoms with van der Waals surface area (Å²) in [6.45, 7) is 7.40. The van der Waals surface area contributed by atoms with E-state index in [1.54, 1.807) is 0 Å². The van der Waals surface area contributed by atoms with Gasteiger partial charge in [0, 0.05) is 44.9 Å². The number of fused-ring (bicyclic) bond motifs is 6. The van der Waals surface area contributed by atoms with Crippen molar-refractivity contribution in [3.8, 4) is 0 Å². The van der Waals surface area contributed by atoms with E-state index in [2.05, 4.69) is 89.7 Å². The summed E-state index contributed by atoms with van der Waals surface area (Å²) in [5.41, 5.74) is 6.44. The molecule has 0 spiro atoms. The van der Waals surface area contributed by atoms with Crippen LogP contribution in [0.4, 0.5) is 5.69 Å². The third kappa shape index (κ3) is 3.88. The molecular weight excluding hydrogens is 601 g/mol. The van der Waals surface area contributed by atoms with E-state index in [0.29, 0.717) is 5.92 Å². The van der Waals surface area contributed by atoms with Crippen LogP contribution in [-0.4, -0.2) is 25.8 Å². The predicted octanol–water partition coefficient (Wildman–Crippen LogP) is 5.71. The number of aromatic nitrogens is 3. The third-order valence-corrected chi connectivity index (χ3v) is 6.20. The number of nitrogens with zero attached hydrogens (tertiary/aromatic N) is 5. The predicted molar refractivity (Wildman–Crippen MR) is 133 cm³/mol. The van der Waals surface area contributed by atoms with Crippen molar-refractivity contribution in [2.24, 2.45) is 0 Å². The van der Waals surface area contributed by atoms with E-state index in [4.69, 9.17) is 9.97 Å². The first-order valence-corrected chi connectivity index (χ1v) is 11.3. The Kier molecular flexibility index (Phi) is 6.14. The molecule has 0 fully saturated rings. The van der Waals surface area contributed by atoms with Gasteiger partial charge in [-0.1, -0.05) is 37.6 Å². The van der Waals surface area contributed by atoms with Crippen LogP contribution in [0.25, 0.3) is 27.5 Å². The third-order valence-electron chi connectivity index (χ3n) is 6.20. The van der Waals surface area contributed by atoms with E-state index in [9.17, 15) is 0 Å². The monoisotopic (exact) mass is 625 g/mol. The number of pyridine rings is 2. The zero-order valence-corrected chi connectivity index (χ0v) is 21.3. The fourth-order valence-electron chi connectivity index (χ4n) is 4.59. The number of hydrogen-bond donors (Lipinski definition) is 0. The number of benzene rings is 2. The van der Waals surface area contributed by atoms with E-state index in [0.717, 1.165) is 46.4 Å². The SMILES string of the molecule is CC(C)c1cccc2c1c1ncc[c-]c1c1nc(CCN3C=CN(c4[c-]cccc4)[CH-]3)cn21.[Pt]. The second-order valence-corrected chi connectivity index (χ2v) is 8.69. The molecule has 174 valence electrons. The summed E-state index contributed by atoms with van der Waals surface area (Å²) in [6, 6.07) is 23.0. The molecule has 0 atom stereocenters. The van der Waals surface area contributed by atoms with Gasteiger partial charge in [0.2, 0.25) is 0 Å². The minimum atomic E-state index is 0. The molecule has 6 heteroatoms. The first-order valence-electron chi connectivity index (χ1n) is 11.3. The molecule has 0 N–H and O–H groups in total. The fraction of sp³-hybridized carbons (Fsp3) is 0.179. The van der Waals surface area contributed by atoms with Crippen LogP contribution in [0.15, 0.2) is 73.3 Å². The molecule has 0 saturated carbocycles. The fourth-order valence-corrected chi connectivity index (χ4v) is 4.59. The van der Waals surface area contributed by atoms with E-state index >= 15 is 0 Å². The largest absolute Gasteiger partial charge is 0.508 e. The van der Waals surface area contributed by atoms with Gasteiger partial charge in [-0.3, -0.25) is 4.98 Å². The zero-order chi connectivity index (χ0) is 22.4. The van der Waals surface area contributed by atoms with Gasteiger partial charge < -0.3 is 19.2 Å². The Hall–Kier alpha value is -3.17. The summed E-state index contributed by atoms with van der Waals surface area (Å²) in [5, 5.41) is 2.17. The molecule has 0 radical (unpaired) electrons. The van der Waals surface area contributed by atoms with Crippen LogP contribution in [-0.2, 0) is 27.5 Å². The van der Waals surface area contributed by atoms with Gasteiger partial charge >= 0.3 is 0 Å². The maximum Gasteiger partial charge on any atom is 0.0626 e. The standard InChI is InChI=1S/C28H24N5.Pt/c1-20(2)23-10-6-12-25-26(23)27-24(11-7-14-29-27)28-30-21(18-33(25)28)13-15-31-16-17-32(19-31)22-8-4-3-5-9-22;/h3-8,10,12,14,16-20H,13,15H2,1-2H3;/q-3;. The summed E-state index contributed by atoms with van der Waals surface area (Å²) in [6.07, 6.45) is 8.98. The normalized spacial score (nSPS) is 13.5. The number of imidazole rings is 1. The molecule has 3 aromatic heterocycles. The topological polar surface area (TPSA) is 36.7 Å². The number of rotatable bonds is 5. The van der Waals surface area contributed by atoms with Crippen LogP contribution in [0, 0.1) is 18.8 Å². The first-order chi connectivity index (χ1) is 16.2. The van der Waals surface area contributed by atoms with Crippen LogP contribution >= 0.6 is 0 Å². The van der Waals surface area contributed by atoms with Crippen molar-refractivity contribution in [1.29, 1.82) is 0 Å². The Balaban J connectivity index is 0.00000241. The molecule has 0 unspecified atom stereocenters. The molecule has 0 aliphatic carbocycles. The van der Waals surface area contributed by atoms with Gasteiger partial charge in [0.05, 0.1) is 5.65 Å². The summed E-state index contributed by atoms with van der Waals surface area (Å²) in [5.74, 6) is 0.404. The molecule has 1 aliphatic rings. The summed E-state index contributed by atoms with van der Waals surface area (Å²) in [7, 11) is 0. The zero-order valence-electron chi connectivity index (χ0n) is 19.0. The molecule has 0 saturated heterocycles. The van der Waals surface area contributed by atoms with Gasteiger partial charge in [-0.25, -0.2) is 0 Å². The van der Waals surface area contributed by atoms with Crippen LogP contribution in [0.1, 0.15) is 31.0 Å². The van der Waals surface area contributed by atoms with E-state index in [1.807, 2.05) is 30.5 Å². The minimum absolute atomic E-state index is 0. The second-order valence-electron chi connectivity index (χ2n) is 8.69. The summed E-state index contributed by atoms with van der Waals surface area (Å²) < 4.78 is 2.21. The Morgan fingerprint density at radius 2 is 1.94 bits per heavy atom. The van der Waals surface area contributed by atoms with Crippen LogP contribution in [0.2, 0.25) is 0 Å². The maximum atomic E-state index is 5.01. The number of para-hydroxylation sites is 1. The van der Waals surface area contributed by atoms with Crippen molar-refractivity contribution in [1.82, 2.24) is 19.3 Å². The van der Waals surface area contributed by atoms with Crippen LogP contribution in [0.3, 0.4) is 0 Å². The van der Waals surface area contributed by atoms with E-state index in [-0.39, 0.29) is 21.1 Å². The minimum Gasteiger partial charge on any atom is -0.508 e. The molecule has 34 heavy (non-hydrogen) atoms. The van der Waals surface area contributed by atoms with Gasteiger partial charge in [-0.2, -0.15) is 37.0 Å². The van der Waals surface area contributed by atoms with Crippen molar-refractivity contribution >= 4 is 33.1 Å². The van der Waals surface area contributed by atoms with Crippen molar-refractivity contribution in [2.45, 2.75) is 26.2 Å². The summed E-state index contributed by atoms with van der Waals surface area (Å²) >= 11 is 0. The molecule has 6 rings (SSSR count). The quantitative estimate of drug-likeness (QED) is 0.185. The molecular formula is C28H24N5Pt-3. The van der Waals surface area contributed by atoms with Crippen molar-refractivity contribution < 1.29 is 21.1 Å². The first kappa shape index (κ1) is 22.6. The van der Waals surface area contributed by atoms with Gasteiger partial charge in [0.25, 0.3) is 0 Å². The van der Waals surface area contributed by atoms with Gasteiger partial charge in [-0.05, 0) is 47.4 Å². The van der Waals surface area contributed by atoms with Crippen LogP contribution < -0.4 is 4.90 Å². The molecule has 4 heterocycles. The Morgan fingerprint density at radius 1 is 1.03 bits per heavy atom. The van der Waals surface area contributed by atoms with E-state index in [1.165, 1.54) is 10.9 Å². The Bertz CT molecular complexity index is 1490. The smallest absolute Gasteiger partial charge is 0.0626 e. The van der Waals surface area contributed by atoms with Crippen molar-refractivity contribution in [3.05, 3.63) is 103 Å². The molecule has 2 aromatic carbocycles. The van der Waals surface area contributed by atoms with Crippen LogP contribution in [0.5, 0.6) is 0 Å². The second kappa shape index (κ2) is 9.23. The molecule has 5 aromatic rings. The molecule has 0 amide bonds. The van der Waals surface area contributed by atoms with Gasteiger partial charge in [0.15, 0.2) is 0 Å². The van der Waals surface area contributed by atoms with Gasteiger partial charge in [-0.15, -0.1) is 17.8 Å². The molecule has 5 nitrogen and oxygen atoms in total. The molecule has 1 aliphatic heterocycles. The van der Waals surface area contributed by atoms with E-state index < -0.39 is 0 Å². The number of hydrogen-bond acceptors (Lipinski definition) is 4. The average Bonchev–Trinajstić information content (AvgIpc) is 3.50. The Labute approximate surface area is 214 Å². The number of anilines is 1.